The smallest absolute Gasteiger partial charge is 0.416 e. The molecule has 1 aliphatic carbocycles. The van der Waals surface area contributed by atoms with Gasteiger partial charge in [-0.3, -0.25) is 0 Å². The van der Waals surface area contributed by atoms with Crippen molar-refractivity contribution >= 4 is 21.6 Å². The van der Waals surface area contributed by atoms with Crippen LogP contribution in [0.3, 0.4) is 0 Å². The van der Waals surface area contributed by atoms with E-state index in [1.54, 1.807) is 7.11 Å². The Morgan fingerprint density at radius 1 is 1.06 bits per heavy atom. The summed E-state index contributed by atoms with van der Waals surface area (Å²) in [6.45, 7) is 0.403. The minimum absolute atomic E-state index is 0.0812. The number of halogens is 4. The van der Waals surface area contributed by atoms with Gasteiger partial charge >= 0.3 is 6.18 Å². The zero-order valence-corrected chi connectivity index (χ0v) is 20.0. The maximum absolute atomic E-state index is 13.3. The second-order valence-corrected chi connectivity index (χ2v) is 9.44. The van der Waals surface area contributed by atoms with Crippen LogP contribution in [0.2, 0.25) is 0 Å². The highest BCUT2D eigenvalue weighted by atomic mass is 79.9. The van der Waals surface area contributed by atoms with Gasteiger partial charge < -0.3 is 14.8 Å². The Kier molecular flexibility index (Phi) is 6.06. The summed E-state index contributed by atoms with van der Waals surface area (Å²) < 4.78 is 52.4. The van der Waals surface area contributed by atoms with Crippen molar-refractivity contribution in [1.29, 1.82) is 0 Å². The van der Waals surface area contributed by atoms with Crippen LogP contribution in [0.15, 0.2) is 77.3 Å². The summed E-state index contributed by atoms with van der Waals surface area (Å²) >= 11 is 3.64. The molecule has 7 heteroatoms. The van der Waals surface area contributed by atoms with Gasteiger partial charge in [0.2, 0.25) is 0 Å². The molecule has 0 aromatic heterocycles. The first-order valence-corrected chi connectivity index (χ1v) is 11.8. The van der Waals surface area contributed by atoms with E-state index in [1.165, 1.54) is 12.1 Å². The first-order chi connectivity index (χ1) is 16.3. The fourth-order valence-corrected chi connectivity index (χ4v) is 5.46. The number of allylic oxidation sites excluding steroid dienone is 2. The van der Waals surface area contributed by atoms with E-state index in [0.29, 0.717) is 23.7 Å². The SMILES string of the molecule is COc1cc([C@@H]2Nc3ccc(C(F)(F)F)cc3[C@H]3C=CC[C@@H]32)cc(Br)c1OCc1ccccc1. The summed E-state index contributed by atoms with van der Waals surface area (Å²) in [5.41, 5.74) is 2.84. The van der Waals surface area contributed by atoms with E-state index in [4.69, 9.17) is 9.47 Å². The van der Waals surface area contributed by atoms with E-state index in [0.717, 1.165) is 33.8 Å². The summed E-state index contributed by atoms with van der Waals surface area (Å²) in [6.07, 6.45) is 0.506. The third-order valence-electron chi connectivity index (χ3n) is 6.53. The number of benzene rings is 3. The minimum Gasteiger partial charge on any atom is -0.493 e. The number of nitrogens with one attached hydrogen (secondary N) is 1. The van der Waals surface area contributed by atoms with Gasteiger partial charge in [-0.15, -0.1) is 0 Å². The van der Waals surface area contributed by atoms with E-state index in [9.17, 15) is 13.2 Å². The summed E-state index contributed by atoms with van der Waals surface area (Å²) in [4.78, 5) is 0. The molecular formula is C27H23BrF3NO2. The lowest BCUT2D eigenvalue weighted by atomic mass is 9.76. The van der Waals surface area contributed by atoms with Crippen molar-refractivity contribution in [3.05, 3.63) is 99.5 Å². The molecule has 2 aliphatic rings. The van der Waals surface area contributed by atoms with Crippen LogP contribution in [0.1, 0.15) is 40.6 Å². The molecule has 1 N–H and O–H groups in total. The van der Waals surface area contributed by atoms with Gasteiger partial charge in [-0.05, 0) is 75.3 Å². The summed E-state index contributed by atoms with van der Waals surface area (Å²) in [6, 6.07) is 17.7. The van der Waals surface area contributed by atoms with E-state index in [2.05, 4.69) is 27.3 Å². The van der Waals surface area contributed by atoms with Gasteiger partial charge in [0.1, 0.15) is 6.61 Å². The highest BCUT2D eigenvalue weighted by molar-refractivity contribution is 9.10. The van der Waals surface area contributed by atoms with Crippen molar-refractivity contribution in [1.82, 2.24) is 0 Å². The minimum atomic E-state index is -4.36. The predicted octanol–water partition coefficient (Wildman–Crippen LogP) is 7.88. The Morgan fingerprint density at radius 2 is 1.85 bits per heavy atom. The number of hydrogen-bond donors (Lipinski definition) is 1. The van der Waals surface area contributed by atoms with Crippen LogP contribution in [-0.2, 0) is 12.8 Å². The zero-order valence-electron chi connectivity index (χ0n) is 18.4. The summed E-state index contributed by atoms with van der Waals surface area (Å²) in [5.74, 6) is 1.23. The number of methoxy groups -OCH3 is 1. The molecule has 1 aliphatic heterocycles. The largest absolute Gasteiger partial charge is 0.493 e. The standard InChI is InChI=1S/C27H23BrF3NO2/c1-33-24-13-17(12-22(28)26(24)34-15-16-6-3-2-4-7-16)25-20-9-5-8-19(20)21-14-18(27(29,30)31)10-11-23(21)32-25/h2-8,10-14,19-20,25,32H,9,15H2,1H3/t19-,20-,25-/m0/s1. The van der Waals surface area contributed by atoms with Gasteiger partial charge in [0, 0.05) is 11.6 Å². The Bertz CT molecular complexity index is 1230. The van der Waals surface area contributed by atoms with Crippen molar-refractivity contribution in [3.8, 4) is 11.5 Å². The van der Waals surface area contributed by atoms with E-state index in [-0.39, 0.29) is 17.9 Å². The summed E-state index contributed by atoms with van der Waals surface area (Å²) in [7, 11) is 1.60. The van der Waals surface area contributed by atoms with Gasteiger partial charge in [0.15, 0.2) is 11.5 Å². The number of rotatable bonds is 5. The molecule has 0 radical (unpaired) electrons. The van der Waals surface area contributed by atoms with Crippen LogP contribution in [0.4, 0.5) is 18.9 Å². The first kappa shape index (κ1) is 22.8. The number of hydrogen-bond acceptors (Lipinski definition) is 3. The maximum Gasteiger partial charge on any atom is 0.416 e. The van der Waals surface area contributed by atoms with Gasteiger partial charge in [-0.1, -0.05) is 42.5 Å². The van der Waals surface area contributed by atoms with Crippen molar-refractivity contribution in [2.45, 2.75) is 31.2 Å². The predicted molar refractivity (Wildman–Crippen MR) is 129 cm³/mol. The molecule has 0 amide bonds. The van der Waals surface area contributed by atoms with E-state index < -0.39 is 11.7 Å². The number of fused-ring (bicyclic) bond motifs is 3. The van der Waals surface area contributed by atoms with Crippen molar-refractivity contribution in [3.63, 3.8) is 0 Å². The number of alkyl halides is 3. The van der Waals surface area contributed by atoms with Gasteiger partial charge in [-0.25, -0.2) is 0 Å². The second kappa shape index (κ2) is 9.02. The fraction of sp³-hybridized carbons (Fsp3) is 0.259. The zero-order chi connectivity index (χ0) is 23.9. The molecule has 3 nitrogen and oxygen atoms in total. The van der Waals surface area contributed by atoms with Crippen molar-refractivity contribution in [2.75, 3.05) is 12.4 Å². The average molecular weight is 530 g/mol. The lowest BCUT2D eigenvalue weighted by Gasteiger charge is -2.38. The van der Waals surface area contributed by atoms with Crippen LogP contribution in [0, 0.1) is 5.92 Å². The number of ether oxygens (including phenoxy) is 2. The Balaban J connectivity index is 1.46. The molecule has 34 heavy (non-hydrogen) atoms. The van der Waals surface area contributed by atoms with Crippen LogP contribution in [0.25, 0.3) is 0 Å². The molecule has 0 bridgehead atoms. The lowest BCUT2D eigenvalue weighted by molar-refractivity contribution is -0.137. The molecule has 5 rings (SSSR count). The van der Waals surface area contributed by atoms with E-state index in [1.807, 2.05) is 48.5 Å². The molecule has 176 valence electrons. The highest BCUT2D eigenvalue weighted by Crippen LogP contribution is 2.52. The van der Waals surface area contributed by atoms with Crippen LogP contribution < -0.4 is 14.8 Å². The third kappa shape index (κ3) is 4.29. The average Bonchev–Trinajstić information content (AvgIpc) is 3.32. The Morgan fingerprint density at radius 3 is 2.59 bits per heavy atom. The molecule has 0 saturated heterocycles. The number of anilines is 1. The van der Waals surface area contributed by atoms with Crippen LogP contribution >= 0.6 is 15.9 Å². The molecule has 3 atom stereocenters. The molecule has 0 unspecified atom stereocenters. The quantitative estimate of drug-likeness (QED) is 0.341. The molecule has 0 saturated carbocycles. The fourth-order valence-electron chi connectivity index (χ4n) is 4.89. The first-order valence-electron chi connectivity index (χ1n) is 11.0. The molecule has 0 fully saturated rings. The molecule has 0 spiro atoms. The summed E-state index contributed by atoms with van der Waals surface area (Å²) in [5, 5.41) is 3.49. The molecule has 3 aromatic rings. The van der Waals surface area contributed by atoms with E-state index >= 15 is 0 Å². The highest BCUT2D eigenvalue weighted by Gasteiger charge is 2.40. The monoisotopic (exact) mass is 529 g/mol. The van der Waals surface area contributed by atoms with Crippen LogP contribution in [-0.4, -0.2) is 7.11 Å². The van der Waals surface area contributed by atoms with Crippen LogP contribution in [0.5, 0.6) is 11.5 Å². The maximum atomic E-state index is 13.3. The van der Waals surface area contributed by atoms with Gasteiger partial charge in [0.25, 0.3) is 0 Å². The molecular weight excluding hydrogens is 507 g/mol. The lowest BCUT2D eigenvalue weighted by Crippen LogP contribution is -2.29. The Hall–Kier alpha value is -2.93. The second-order valence-electron chi connectivity index (χ2n) is 8.58. The normalized spacial score (nSPS) is 20.9. The topological polar surface area (TPSA) is 30.5 Å². The van der Waals surface area contributed by atoms with Gasteiger partial charge in [-0.2, -0.15) is 13.2 Å². The van der Waals surface area contributed by atoms with Gasteiger partial charge in [0.05, 0.1) is 23.2 Å². The molecule has 1 heterocycles. The third-order valence-corrected chi connectivity index (χ3v) is 7.12. The Labute approximate surface area is 204 Å². The molecule has 3 aromatic carbocycles. The van der Waals surface area contributed by atoms with Crippen molar-refractivity contribution in [2.24, 2.45) is 5.92 Å². The van der Waals surface area contributed by atoms with Crippen molar-refractivity contribution < 1.29 is 22.6 Å².